The SMILES string of the molecule is Cc1cccc(C2=CCC=C=C(c3ccc(-c4ccc(OCC(C)(C)C(=O)O)cc4)nc3)N2)n1. The molecule has 0 spiro atoms. The maximum absolute atomic E-state index is 11.2. The average Bonchev–Trinajstić information content (AvgIpc) is 3.10. The fourth-order valence-electron chi connectivity index (χ4n) is 3.34. The first-order valence-corrected chi connectivity index (χ1v) is 11.1. The number of aliphatic carboxylic acids is 1. The van der Waals surface area contributed by atoms with E-state index in [0.29, 0.717) is 5.75 Å². The van der Waals surface area contributed by atoms with Gasteiger partial charge < -0.3 is 15.2 Å². The molecule has 6 nitrogen and oxygen atoms in total. The normalized spacial score (nSPS) is 13.4. The summed E-state index contributed by atoms with van der Waals surface area (Å²) >= 11 is 0. The molecule has 1 aliphatic rings. The second-order valence-electron chi connectivity index (χ2n) is 8.80. The van der Waals surface area contributed by atoms with Gasteiger partial charge in [-0.15, -0.1) is 0 Å². The Labute approximate surface area is 199 Å². The Bertz CT molecular complexity index is 1280. The van der Waals surface area contributed by atoms with Crippen LogP contribution in [0, 0.1) is 12.3 Å². The number of ether oxygens (including phenoxy) is 1. The van der Waals surface area contributed by atoms with Gasteiger partial charge in [-0.05, 0) is 81.8 Å². The van der Waals surface area contributed by atoms with E-state index in [1.165, 1.54) is 0 Å². The second-order valence-corrected chi connectivity index (χ2v) is 8.80. The van der Waals surface area contributed by atoms with Crippen molar-refractivity contribution in [1.29, 1.82) is 0 Å². The second kappa shape index (κ2) is 9.77. The molecule has 1 aliphatic heterocycles. The van der Waals surface area contributed by atoms with Crippen LogP contribution in [0.4, 0.5) is 0 Å². The van der Waals surface area contributed by atoms with E-state index in [1.54, 1.807) is 13.8 Å². The summed E-state index contributed by atoms with van der Waals surface area (Å²) < 4.78 is 5.65. The first kappa shape index (κ1) is 23.0. The number of aromatic nitrogens is 2. The van der Waals surface area contributed by atoms with E-state index < -0.39 is 11.4 Å². The van der Waals surface area contributed by atoms with Crippen molar-refractivity contribution in [1.82, 2.24) is 15.3 Å². The molecular weight excluding hydrogens is 426 g/mol. The van der Waals surface area contributed by atoms with E-state index in [0.717, 1.165) is 46.0 Å². The number of rotatable bonds is 7. The number of hydrogen-bond acceptors (Lipinski definition) is 5. The van der Waals surface area contributed by atoms with E-state index >= 15 is 0 Å². The predicted molar refractivity (Wildman–Crippen MR) is 133 cm³/mol. The summed E-state index contributed by atoms with van der Waals surface area (Å²) in [6, 6.07) is 17.4. The smallest absolute Gasteiger partial charge is 0.312 e. The lowest BCUT2D eigenvalue weighted by atomic mass is 9.95. The van der Waals surface area contributed by atoms with Crippen LogP contribution in [-0.2, 0) is 4.79 Å². The van der Waals surface area contributed by atoms with Gasteiger partial charge in [0.15, 0.2) is 0 Å². The van der Waals surface area contributed by atoms with Gasteiger partial charge >= 0.3 is 5.97 Å². The lowest BCUT2D eigenvalue weighted by molar-refractivity contribution is -0.148. The maximum Gasteiger partial charge on any atom is 0.312 e. The molecule has 0 unspecified atom stereocenters. The Hall–Kier alpha value is -4.15. The Balaban J connectivity index is 1.46. The fourth-order valence-corrected chi connectivity index (χ4v) is 3.34. The topological polar surface area (TPSA) is 84.3 Å². The quantitative estimate of drug-likeness (QED) is 0.462. The van der Waals surface area contributed by atoms with E-state index in [9.17, 15) is 9.90 Å². The molecule has 3 aromatic rings. The van der Waals surface area contributed by atoms with E-state index in [1.807, 2.05) is 73.8 Å². The van der Waals surface area contributed by atoms with Crippen molar-refractivity contribution in [3.63, 3.8) is 0 Å². The zero-order valence-corrected chi connectivity index (χ0v) is 19.5. The summed E-state index contributed by atoms with van der Waals surface area (Å²) in [4.78, 5) is 20.5. The number of carboxylic acid groups (broad SMARTS) is 1. The Morgan fingerprint density at radius 2 is 1.85 bits per heavy atom. The van der Waals surface area contributed by atoms with Crippen molar-refractivity contribution < 1.29 is 14.6 Å². The van der Waals surface area contributed by atoms with Gasteiger partial charge in [0.2, 0.25) is 0 Å². The van der Waals surface area contributed by atoms with Crippen molar-refractivity contribution in [2.24, 2.45) is 5.41 Å². The fraction of sp³-hybridized carbons (Fsp3) is 0.214. The molecule has 0 fully saturated rings. The molecule has 0 bridgehead atoms. The highest BCUT2D eigenvalue weighted by molar-refractivity contribution is 5.77. The van der Waals surface area contributed by atoms with Gasteiger partial charge in [-0.25, -0.2) is 0 Å². The molecule has 34 heavy (non-hydrogen) atoms. The number of nitrogens with one attached hydrogen (secondary N) is 1. The van der Waals surface area contributed by atoms with Gasteiger partial charge in [0.1, 0.15) is 12.4 Å². The van der Waals surface area contributed by atoms with Crippen molar-refractivity contribution >= 4 is 17.4 Å². The van der Waals surface area contributed by atoms with Crippen LogP contribution in [0.25, 0.3) is 22.7 Å². The summed E-state index contributed by atoms with van der Waals surface area (Å²) in [6.45, 7) is 5.35. The molecule has 172 valence electrons. The van der Waals surface area contributed by atoms with Gasteiger partial charge in [-0.2, -0.15) is 0 Å². The molecule has 6 heteroatoms. The summed E-state index contributed by atoms with van der Waals surface area (Å²) in [5.74, 6) is -0.268. The van der Waals surface area contributed by atoms with Crippen LogP contribution in [0.3, 0.4) is 0 Å². The number of pyridine rings is 2. The number of aryl methyl sites for hydroxylation is 1. The van der Waals surface area contributed by atoms with Crippen molar-refractivity contribution in [3.05, 3.63) is 95.6 Å². The van der Waals surface area contributed by atoms with Crippen LogP contribution in [0.15, 0.2) is 78.7 Å². The minimum atomic E-state index is -0.949. The standard InChI is InChI=1S/C28H27N3O3/c1-19-7-6-10-25(30-19)26-9-5-4-8-24(31-26)21-13-16-23(29-17-21)20-11-14-22(15-12-20)34-18-28(2,3)27(32)33/h4,6-7,9-17,31H,5,18H2,1-3H3,(H,32,33). The molecular formula is C28H27N3O3. The molecule has 2 aromatic heterocycles. The molecule has 1 aromatic carbocycles. The largest absolute Gasteiger partial charge is 0.492 e. The Kier molecular flexibility index (Phi) is 6.62. The first-order valence-electron chi connectivity index (χ1n) is 11.1. The maximum atomic E-state index is 11.2. The highest BCUT2D eigenvalue weighted by Gasteiger charge is 2.28. The van der Waals surface area contributed by atoms with Crippen LogP contribution >= 0.6 is 0 Å². The van der Waals surface area contributed by atoms with Crippen LogP contribution < -0.4 is 10.1 Å². The third-order valence-corrected chi connectivity index (χ3v) is 5.49. The molecule has 0 saturated carbocycles. The van der Waals surface area contributed by atoms with Crippen LogP contribution in [0.5, 0.6) is 5.75 Å². The van der Waals surface area contributed by atoms with Gasteiger partial charge in [0, 0.05) is 23.0 Å². The summed E-state index contributed by atoms with van der Waals surface area (Å²) in [5.41, 5.74) is 8.72. The van der Waals surface area contributed by atoms with E-state index in [-0.39, 0.29) is 6.61 Å². The zero-order valence-electron chi connectivity index (χ0n) is 19.5. The number of nitrogens with zero attached hydrogens (tertiary/aromatic N) is 2. The van der Waals surface area contributed by atoms with Gasteiger partial charge in [0.05, 0.1) is 28.2 Å². The van der Waals surface area contributed by atoms with Gasteiger partial charge in [-0.3, -0.25) is 14.8 Å². The van der Waals surface area contributed by atoms with Gasteiger partial charge in [0.25, 0.3) is 0 Å². The number of hydrogen-bond donors (Lipinski definition) is 2. The van der Waals surface area contributed by atoms with Crippen molar-refractivity contribution in [3.8, 4) is 17.0 Å². The number of benzene rings is 1. The third kappa shape index (κ3) is 5.42. The van der Waals surface area contributed by atoms with E-state index in [4.69, 9.17) is 4.74 Å². The molecule has 0 atom stereocenters. The molecule has 0 aliphatic carbocycles. The Morgan fingerprint density at radius 1 is 1.09 bits per heavy atom. The first-order chi connectivity index (χ1) is 16.3. The summed E-state index contributed by atoms with van der Waals surface area (Å²) in [7, 11) is 0. The molecule has 3 heterocycles. The molecule has 4 rings (SSSR count). The van der Waals surface area contributed by atoms with Crippen molar-refractivity contribution in [2.75, 3.05) is 6.61 Å². The Morgan fingerprint density at radius 3 is 2.53 bits per heavy atom. The number of carbonyl (C=O) groups is 1. The summed E-state index contributed by atoms with van der Waals surface area (Å²) in [6.07, 6.45) is 6.68. The third-order valence-electron chi connectivity index (χ3n) is 5.49. The summed E-state index contributed by atoms with van der Waals surface area (Å²) in [5, 5.41) is 12.7. The minimum Gasteiger partial charge on any atom is -0.492 e. The number of allylic oxidation sites excluding steroid dienone is 2. The van der Waals surface area contributed by atoms with Crippen LogP contribution in [-0.4, -0.2) is 27.7 Å². The molecule has 0 radical (unpaired) electrons. The van der Waals surface area contributed by atoms with Gasteiger partial charge in [-0.1, -0.05) is 17.9 Å². The lowest BCUT2D eigenvalue weighted by Gasteiger charge is -2.19. The molecule has 0 amide bonds. The molecule has 0 saturated heterocycles. The molecule has 2 N–H and O–H groups in total. The lowest BCUT2D eigenvalue weighted by Crippen LogP contribution is -2.30. The average molecular weight is 454 g/mol. The van der Waals surface area contributed by atoms with Crippen molar-refractivity contribution in [2.45, 2.75) is 27.2 Å². The van der Waals surface area contributed by atoms with E-state index in [2.05, 4.69) is 27.1 Å². The predicted octanol–water partition coefficient (Wildman–Crippen LogP) is 5.47. The minimum absolute atomic E-state index is 0.0960. The number of carboxylic acids is 1. The van der Waals surface area contributed by atoms with Crippen LogP contribution in [0.2, 0.25) is 0 Å². The monoisotopic (exact) mass is 453 g/mol. The van der Waals surface area contributed by atoms with Crippen LogP contribution in [0.1, 0.15) is 37.2 Å². The highest BCUT2D eigenvalue weighted by atomic mass is 16.5. The zero-order chi connectivity index (χ0) is 24.1. The highest BCUT2D eigenvalue weighted by Crippen LogP contribution is 2.25.